The number of rotatable bonds is 3. The molecule has 6 heteroatoms. The van der Waals surface area contributed by atoms with Crippen LogP contribution >= 0.6 is 11.6 Å². The van der Waals surface area contributed by atoms with Gasteiger partial charge >= 0.3 is 0 Å². The molecule has 1 aromatic heterocycles. The maximum absolute atomic E-state index is 12.2. The van der Waals surface area contributed by atoms with Gasteiger partial charge in [-0.15, -0.1) is 0 Å². The maximum atomic E-state index is 12.2. The molecule has 0 saturated carbocycles. The molecule has 5 nitrogen and oxygen atoms in total. The zero-order chi connectivity index (χ0) is 16.7. The van der Waals surface area contributed by atoms with Crippen molar-refractivity contribution < 1.29 is 9.59 Å². The molecule has 0 aliphatic carbocycles. The van der Waals surface area contributed by atoms with Crippen LogP contribution in [-0.4, -0.2) is 16.7 Å². The number of benzene rings is 2. The van der Waals surface area contributed by atoms with E-state index in [-0.39, 0.29) is 0 Å². The molecule has 4 rings (SSSR count). The van der Waals surface area contributed by atoms with Gasteiger partial charge < -0.3 is 10.6 Å². The van der Waals surface area contributed by atoms with Crippen molar-refractivity contribution in [3.63, 3.8) is 0 Å². The first-order valence-electron chi connectivity index (χ1n) is 7.40. The fourth-order valence-electron chi connectivity index (χ4n) is 2.81. The van der Waals surface area contributed by atoms with Crippen LogP contribution in [0.15, 0.2) is 48.5 Å². The largest absolute Gasteiger partial charge is 0.364 e. The van der Waals surface area contributed by atoms with Crippen molar-refractivity contribution in [3.8, 4) is 0 Å². The predicted octanol–water partition coefficient (Wildman–Crippen LogP) is 3.64. The van der Waals surface area contributed by atoms with Crippen LogP contribution < -0.4 is 10.6 Å². The Labute approximate surface area is 142 Å². The van der Waals surface area contributed by atoms with Crippen molar-refractivity contribution in [2.24, 2.45) is 0 Å². The molecule has 1 aliphatic rings. The quantitative estimate of drug-likeness (QED) is 0.716. The smallest absolute Gasteiger partial charge is 0.296 e. The summed E-state index contributed by atoms with van der Waals surface area (Å²) in [6.07, 6.45) is 0. The van der Waals surface area contributed by atoms with Gasteiger partial charge in [0, 0.05) is 17.0 Å². The van der Waals surface area contributed by atoms with E-state index in [2.05, 4.69) is 15.6 Å². The first-order chi connectivity index (χ1) is 11.6. The molecule has 3 aromatic rings. The lowest BCUT2D eigenvalue weighted by atomic mass is 10.1. The summed E-state index contributed by atoms with van der Waals surface area (Å²) in [4.78, 5) is 28.6. The molecule has 1 aliphatic heterocycles. The van der Waals surface area contributed by atoms with Crippen molar-refractivity contribution >= 4 is 45.7 Å². The number of hydrogen-bond donors (Lipinski definition) is 2. The highest BCUT2D eigenvalue weighted by atomic mass is 35.5. The molecular formula is C18H12ClN3O2. The van der Waals surface area contributed by atoms with Crippen LogP contribution in [-0.2, 0) is 11.3 Å². The summed E-state index contributed by atoms with van der Waals surface area (Å²) in [6.45, 7) is 0.475. The highest BCUT2D eigenvalue weighted by molar-refractivity contribution is 6.54. The molecule has 118 valence electrons. The first-order valence-corrected chi connectivity index (χ1v) is 7.78. The highest BCUT2D eigenvalue weighted by Crippen LogP contribution is 2.35. The average Bonchev–Trinajstić information content (AvgIpc) is 2.88. The van der Waals surface area contributed by atoms with Crippen molar-refractivity contribution in [2.75, 3.05) is 10.6 Å². The number of nitrogens with zero attached hydrogens (tertiary/aromatic N) is 1. The molecule has 2 N–H and O–H groups in total. The number of amides is 1. The van der Waals surface area contributed by atoms with Crippen molar-refractivity contribution in [2.45, 2.75) is 6.54 Å². The van der Waals surface area contributed by atoms with E-state index in [0.29, 0.717) is 39.5 Å². The zero-order valence-corrected chi connectivity index (χ0v) is 13.2. The third-order valence-corrected chi connectivity index (χ3v) is 4.15. The van der Waals surface area contributed by atoms with Gasteiger partial charge in [-0.25, -0.2) is 4.98 Å². The second-order valence-corrected chi connectivity index (χ2v) is 5.93. The number of pyridine rings is 1. The fraction of sp³-hybridized carbons (Fsp3) is 0.0556. The predicted molar refractivity (Wildman–Crippen MR) is 93.5 cm³/mol. The third kappa shape index (κ3) is 2.39. The number of Topliss-reactive ketones (excluding diaryl/α,β-unsaturated/α-hetero) is 1. The summed E-state index contributed by atoms with van der Waals surface area (Å²) in [7, 11) is 0. The number of carbonyl (C=O) groups is 2. The number of anilines is 2. The number of aromatic nitrogens is 1. The van der Waals surface area contributed by atoms with E-state index >= 15 is 0 Å². The molecule has 0 radical (unpaired) electrons. The van der Waals surface area contributed by atoms with Crippen LogP contribution in [0.5, 0.6) is 0 Å². The van der Waals surface area contributed by atoms with E-state index in [1.165, 1.54) is 0 Å². The molecule has 2 heterocycles. The van der Waals surface area contributed by atoms with Gasteiger partial charge in [-0.05, 0) is 23.8 Å². The van der Waals surface area contributed by atoms with Crippen molar-refractivity contribution in [3.05, 3.63) is 64.7 Å². The van der Waals surface area contributed by atoms with E-state index in [1.54, 1.807) is 12.1 Å². The van der Waals surface area contributed by atoms with E-state index in [0.717, 1.165) is 5.56 Å². The molecule has 24 heavy (non-hydrogen) atoms. The van der Waals surface area contributed by atoms with Gasteiger partial charge in [0.1, 0.15) is 0 Å². The van der Waals surface area contributed by atoms with Crippen LogP contribution in [0.4, 0.5) is 11.5 Å². The normalized spacial score (nSPS) is 13.0. The summed E-state index contributed by atoms with van der Waals surface area (Å²) in [5.41, 5.74) is 2.45. The van der Waals surface area contributed by atoms with Crippen LogP contribution in [0.2, 0.25) is 5.02 Å². The Morgan fingerprint density at radius 3 is 2.75 bits per heavy atom. The topological polar surface area (TPSA) is 71.1 Å². The molecule has 2 aromatic carbocycles. The van der Waals surface area contributed by atoms with Crippen molar-refractivity contribution in [1.29, 1.82) is 0 Å². The van der Waals surface area contributed by atoms with Gasteiger partial charge in [-0.3, -0.25) is 9.59 Å². The number of nitrogens with one attached hydrogen (secondary N) is 2. The minimum Gasteiger partial charge on any atom is -0.364 e. The number of ketones is 1. The molecule has 0 saturated heterocycles. The SMILES string of the molecule is O=C1Nc2c(NCc3cccc(Cl)c3)nc3ccccc3c2C1=O. The van der Waals surface area contributed by atoms with E-state index in [9.17, 15) is 9.59 Å². The van der Waals surface area contributed by atoms with Crippen LogP contribution in [0.3, 0.4) is 0 Å². The monoisotopic (exact) mass is 337 g/mol. The van der Waals surface area contributed by atoms with Gasteiger partial charge in [0.15, 0.2) is 5.82 Å². The van der Waals surface area contributed by atoms with Gasteiger partial charge in [0.25, 0.3) is 11.7 Å². The van der Waals surface area contributed by atoms with Gasteiger partial charge in [-0.2, -0.15) is 0 Å². The summed E-state index contributed by atoms with van der Waals surface area (Å²) >= 11 is 5.99. The lowest BCUT2D eigenvalue weighted by Gasteiger charge is -2.12. The van der Waals surface area contributed by atoms with E-state index in [4.69, 9.17) is 11.6 Å². The van der Waals surface area contributed by atoms with Crippen LogP contribution in [0.1, 0.15) is 15.9 Å². The molecule has 0 spiro atoms. The second kappa shape index (κ2) is 5.62. The standard InChI is InChI=1S/C18H12ClN3O2/c19-11-5-3-4-10(8-11)9-20-17-15-14(16(23)18(24)22-15)12-6-1-2-7-13(12)21-17/h1-8H,9H2,(H,20,21)(H,22,23,24). The number of para-hydroxylation sites is 1. The number of carbonyl (C=O) groups excluding carboxylic acids is 2. The van der Waals surface area contributed by atoms with Gasteiger partial charge in [-0.1, -0.05) is 41.9 Å². The second-order valence-electron chi connectivity index (χ2n) is 5.49. The highest BCUT2D eigenvalue weighted by Gasteiger charge is 2.33. The van der Waals surface area contributed by atoms with E-state index < -0.39 is 11.7 Å². The molecule has 0 atom stereocenters. The Bertz CT molecular complexity index is 1000. The Hall–Kier alpha value is -2.92. The maximum Gasteiger partial charge on any atom is 0.296 e. The number of hydrogen-bond acceptors (Lipinski definition) is 4. The van der Waals surface area contributed by atoms with Gasteiger partial charge in [0.05, 0.1) is 16.8 Å². The third-order valence-electron chi connectivity index (χ3n) is 3.91. The van der Waals surface area contributed by atoms with E-state index in [1.807, 2.05) is 36.4 Å². The zero-order valence-electron chi connectivity index (χ0n) is 12.5. The van der Waals surface area contributed by atoms with Gasteiger partial charge in [0.2, 0.25) is 0 Å². The lowest BCUT2D eigenvalue weighted by Crippen LogP contribution is -2.12. The summed E-state index contributed by atoms with van der Waals surface area (Å²) in [5, 5.41) is 7.12. The van der Waals surface area contributed by atoms with Crippen LogP contribution in [0, 0.1) is 0 Å². The Balaban J connectivity index is 1.77. The van der Waals surface area contributed by atoms with Crippen LogP contribution in [0.25, 0.3) is 10.9 Å². The summed E-state index contributed by atoms with van der Waals surface area (Å²) in [5.74, 6) is -0.689. The molecule has 0 bridgehead atoms. The molecule has 0 unspecified atom stereocenters. The number of fused-ring (bicyclic) bond motifs is 3. The molecule has 1 amide bonds. The first kappa shape index (κ1) is 14.7. The lowest BCUT2D eigenvalue weighted by molar-refractivity contribution is -0.112. The molecular weight excluding hydrogens is 326 g/mol. The number of halogens is 1. The fourth-order valence-corrected chi connectivity index (χ4v) is 3.03. The Morgan fingerprint density at radius 2 is 1.92 bits per heavy atom. The molecule has 0 fully saturated rings. The minimum atomic E-state index is -0.631. The Morgan fingerprint density at radius 1 is 1.08 bits per heavy atom. The summed E-state index contributed by atoms with van der Waals surface area (Å²) < 4.78 is 0. The summed E-state index contributed by atoms with van der Waals surface area (Å²) in [6, 6.07) is 14.7. The average molecular weight is 338 g/mol. The van der Waals surface area contributed by atoms with Crippen molar-refractivity contribution in [1.82, 2.24) is 4.98 Å². The minimum absolute atomic E-state index is 0.374. The Kier molecular flexibility index (Phi) is 3.43.